The molecular formula is C25H29BrN4O2. The summed E-state index contributed by atoms with van der Waals surface area (Å²) < 4.78 is 6.40. The first-order valence-corrected chi connectivity index (χ1v) is 11.8. The molecule has 0 bridgehead atoms. The molecule has 0 radical (unpaired) electrons. The molecule has 4 rings (SSSR count). The molecule has 0 aliphatic carbocycles. The van der Waals surface area contributed by atoms with E-state index in [0.717, 1.165) is 35.1 Å². The largest absolute Gasteiger partial charge is 0.338 e. The Labute approximate surface area is 197 Å². The van der Waals surface area contributed by atoms with Gasteiger partial charge in [0.15, 0.2) is 0 Å². The van der Waals surface area contributed by atoms with Gasteiger partial charge in [0.05, 0.1) is 18.2 Å². The Morgan fingerprint density at radius 2 is 1.94 bits per heavy atom. The number of piperidine rings is 1. The molecule has 6 nitrogen and oxygen atoms in total. The van der Waals surface area contributed by atoms with Crippen LogP contribution < -0.4 is 5.32 Å². The molecule has 0 saturated carbocycles. The molecule has 0 spiro atoms. The van der Waals surface area contributed by atoms with Crippen molar-refractivity contribution in [1.82, 2.24) is 15.0 Å². The molecule has 32 heavy (non-hydrogen) atoms. The van der Waals surface area contributed by atoms with E-state index in [1.807, 2.05) is 36.4 Å². The van der Waals surface area contributed by atoms with Crippen LogP contribution in [0, 0.1) is 5.92 Å². The van der Waals surface area contributed by atoms with Crippen LogP contribution in [-0.4, -0.2) is 34.0 Å². The van der Waals surface area contributed by atoms with E-state index < -0.39 is 0 Å². The summed E-state index contributed by atoms with van der Waals surface area (Å²) in [4.78, 5) is 19.6. The van der Waals surface area contributed by atoms with Crippen molar-refractivity contribution in [3.05, 3.63) is 64.5 Å². The maximum atomic E-state index is 12.8. The lowest BCUT2D eigenvalue weighted by Gasteiger charge is -2.30. The third-order valence-corrected chi connectivity index (χ3v) is 6.54. The minimum absolute atomic E-state index is 0.0479. The summed E-state index contributed by atoms with van der Waals surface area (Å²) >= 11 is 3.49. The number of para-hydroxylation sites is 1. The Kier molecular flexibility index (Phi) is 6.76. The third-order valence-electron chi connectivity index (χ3n) is 5.84. The fourth-order valence-corrected chi connectivity index (χ4v) is 4.34. The Bertz CT molecular complexity index is 1070. The number of carbonyl (C=O) groups is 1. The van der Waals surface area contributed by atoms with E-state index in [1.54, 1.807) is 0 Å². The van der Waals surface area contributed by atoms with Gasteiger partial charge in [-0.15, -0.1) is 0 Å². The second-order valence-corrected chi connectivity index (χ2v) is 10.2. The summed E-state index contributed by atoms with van der Waals surface area (Å²) in [6, 6.07) is 16.0. The highest BCUT2D eigenvalue weighted by Gasteiger charge is 2.27. The van der Waals surface area contributed by atoms with Crippen LogP contribution in [0.4, 0.5) is 5.69 Å². The number of hydrogen-bond acceptors (Lipinski definition) is 5. The first kappa shape index (κ1) is 22.7. The molecule has 3 aromatic rings. The minimum Gasteiger partial charge on any atom is -0.338 e. The van der Waals surface area contributed by atoms with Gasteiger partial charge in [-0.2, -0.15) is 4.98 Å². The number of likely N-dealkylation sites (tertiary alicyclic amines) is 1. The highest BCUT2D eigenvalue weighted by molar-refractivity contribution is 9.10. The van der Waals surface area contributed by atoms with Gasteiger partial charge in [-0.25, -0.2) is 0 Å². The molecule has 1 fully saturated rings. The van der Waals surface area contributed by atoms with E-state index in [4.69, 9.17) is 4.52 Å². The molecule has 2 heterocycles. The molecule has 1 aliphatic rings. The van der Waals surface area contributed by atoms with E-state index in [0.29, 0.717) is 24.8 Å². The van der Waals surface area contributed by atoms with Crippen LogP contribution in [0.25, 0.3) is 11.4 Å². The average molecular weight is 497 g/mol. The number of aromatic nitrogens is 2. The highest BCUT2D eigenvalue weighted by atomic mass is 79.9. The van der Waals surface area contributed by atoms with Gasteiger partial charge in [0, 0.05) is 16.6 Å². The maximum absolute atomic E-state index is 12.8. The Morgan fingerprint density at radius 3 is 2.66 bits per heavy atom. The highest BCUT2D eigenvalue weighted by Crippen LogP contribution is 2.26. The first-order valence-electron chi connectivity index (χ1n) is 11.0. The number of halogens is 1. The Balaban J connectivity index is 1.37. The van der Waals surface area contributed by atoms with Crippen molar-refractivity contribution in [3.63, 3.8) is 0 Å². The zero-order chi connectivity index (χ0) is 22.7. The lowest BCUT2D eigenvalue weighted by atomic mass is 9.87. The van der Waals surface area contributed by atoms with Crippen LogP contribution in [-0.2, 0) is 16.8 Å². The molecule has 7 heteroatoms. The van der Waals surface area contributed by atoms with E-state index in [1.165, 1.54) is 5.56 Å². The lowest BCUT2D eigenvalue weighted by molar-refractivity contribution is -0.121. The summed E-state index contributed by atoms with van der Waals surface area (Å²) in [7, 11) is 0. The molecular weight excluding hydrogens is 468 g/mol. The third kappa shape index (κ3) is 5.45. The quantitative estimate of drug-likeness (QED) is 0.494. The van der Waals surface area contributed by atoms with E-state index in [-0.39, 0.29) is 17.2 Å². The number of anilines is 1. The van der Waals surface area contributed by atoms with Crippen molar-refractivity contribution in [3.8, 4) is 11.4 Å². The van der Waals surface area contributed by atoms with Gasteiger partial charge >= 0.3 is 0 Å². The molecule has 168 valence electrons. The number of rotatable bonds is 5. The summed E-state index contributed by atoms with van der Waals surface area (Å²) in [5, 5.41) is 7.21. The second kappa shape index (κ2) is 9.55. The summed E-state index contributed by atoms with van der Waals surface area (Å²) in [5.74, 6) is 1.15. The summed E-state index contributed by atoms with van der Waals surface area (Å²) in [5.41, 5.74) is 3.12. The van der Waals surface area contributed by atoms with Crippen LogP contribution >= 0.6 is 15.9 Å². The van der Waals surface area contributed by atoms with Crippen molar-refractivity contribution >= 4 is 27.5 Å². The topological polar surface area (TPSA) is 71.3 Å². The van der Waals surface area contributed by atoms with Gasteiger partial charge in [-0.1, -0.05) is 62.3 Å². The SMILES string of the molecule is CC(C)(C)c1ccc(-c2noc(CN3CCCC(C(=O)Nc4ccccc4Br)C3)n2)cc1. The summed E-state index contributed by atoms with van der Waals surface area (Å²) in [6.45, 7) is 8.72. The van der Waals surface area contributed by atoms with Crippen molar-refractivity contribution in [2.45, 2.75) is 45.6 Å². The molecule has 1 atom stereocenters. The number of nitrogens with zero attached hydrogens (tertiary/aromatic N) is 3. The average Bonchev–Trinajstić information content (AvgIpc) is 3.23. The van der Waals surface area contributed by atoms with Gasteiger partial charge in [-0.05, 0) is 58.4 Å². The fraction of sp³-hybridized carbons (Fsp3) is 0.400. The number of hydrogen-bond donors (Lipinski definition) is 1. The summed E-state index contributed by atoms with van der Waals surface area (Å²) in [6.07, 6.45) is 1.84. The van der Waals surface area contributed by atoms with E-state index >= 15 is 0 Å². The molecule has 1 N–H and O–H groups in total. The van der Waals surface area contributed by atoms with Crippen LogP contribution in [0.1, 0.15) is 45.1 Å². The smallest absolute Gasteiger partial charge is 0.241 e. The minimum atomic E-state index is -0.0665. The first-order chi connectivity index (χ1) is 15.3. The zero-order valence-electron chi connectivity index (χ0n) is 18.8. The monoisotopic (exact) mass is 496 g/mol. The van der Waals surface area contributed by atoms with Crippen LogP contribution in [0.5, 0.6) is 0 Å². The van der Waals surface area contributed by atoms with Crippen LogP contribution in [0.15, 0.2) is 57.5 Å². The van der Waals surface area contributed by atoms with Crippen LogP contribution in [0.2, 0.25) is 0 Å². The van der Waals surface area contributed by atoms with Crippen molar-refractivity contribution < 1.29 is 9.32 Å². The second-order valence-electron chi connectivity index (χ2n) is 9.38. The fourth-order valence-electron chi connectivity index (χ4n) is 3.96. The molecule has 1 aliphatic heterocycles. The lowest BCUT2D eigenvalue weighted by Crippen LogP contribution is -2.40. The molecule has 1 aromatic heterocycles. The number of carbonyl (C=O) groups excluding carboxylic acids is 1. The number of benzene rings is 2. The standard InChI is InChI=1S/C25H29BrN4O2/c1-25(2,3)19-12-10-17(11-13-19)23-28-22(32-29-23)16-30-14-6-7-18(15-30)24(31)27-21-9-5-4-8-20(21)26/h4-5,8-13,18H,6-7,14-16H2,1-3H3,(H,27,31). The molecule has 1 unspecified atom stereocenters. The van der Waals surface area contributed by atoms with Crippen molar-refractivity contribution in [1.29, 1.82) is 0 Å². The maximum Gasteiger partial charge on any atom is 0.241 e. The van der Waals surface area contributed by atoms with E-state index in [2.05, 4.69) is 69.2 Å². The molecule has 1 saturated heterocycles. The predicted molar refractivity (Wildman–Crippen MR) is 129 cm³/mol. The van der Waals surface area contributed by atoms with Gasteiger partial charge in [0.2, 0.25) is 17.6 Å². The van der Waals surface area contributed by atoms with E-state index in [9.17, 15) is 4.79 Å². The van der Waals surface area contributed by atoms with Crippen LogP contribution in [0.3, 0.4) is 0 Å². The number of amides is 1. The molecule has 1 amide bonds. The van der Waals surface area contributed by atoms with Gasteiger partial charge in [-0.3, -0.25) is 9.69 Å². The van der Waals surface area contributed by atoms with Gasteiger partial charge < -0.3 is 9.84 Å². The number of nitrogens with one attached hydrogen (secondary N) is 1. The van der Waals surface area contributed by atoms with Gasteiger partial charge in [0.25, 0.3) is 0 Å². The zero-order valence-corrected chi connectivity index (χ0v) is 20.4. The normalized spacial score (nSPS) is 17.3. The van der Waals surface area contributed by atoms with Crippen molar-refractivity contribution in [2.75, 3.05) is 18.4 Å². The van der Waals surface area contributed by atoms with Gasteiger partial charge in [0.1, 0.15) is 0 Å². The predicted octanol–water partition coefficient (Wildman–Crippen LogP) is 5.65. The Morgan fingerprint density at radius 1 is 1.19 bits per heavy atom. The molecule has 2 aromatic carbocycles. The Hall–Kier alpha value is -2.51. The van der Waals surface area contributed by atoms with Crippen molar-refractivity contribution in [2.24, 2.45) is 5.92 Å².